The summed E-state index contributed by atoms with van der Waals surface area (Å²) in [7, 11) is 0. The molecule has 116 valence electrons. The summed E-state index contributed by atoms with van der Waals surface area (Å²) in [5.41, 5.74) is 1.55. The van der Waals surface area contributed by atoms with Crippen molar-refractivity contribution >= 4 is 23.2 Å². The number of anilines is 1. The third-order valence-corrected chi connectivity index (χ3v) is 4.39. The molecule has 1 aliphatic rings. The highest BCUT2D eigenvalue weighted by molar-refractivity contribution is 6.31. The number of nitrogens with zero attached hydrogens (tertiary/aromatic N) is 1. The average Bonchev–Trinajstić information content (AvgIpc) is 3.16. The fourth-order valence-corrected chi connectivity index (χ4v) is 2.85. The Hall–Kier alpha value is -1.78. The Morgan fingerprint density at radius 1 is 1.27 bits per heavy atom. The minimum atomic E-state index is -0.252. The number of carbonyl (C=O) groups excluding carboxylic acids is 1. The maximum absolute atomic E-state index is 12.3. The van der Waals surface area contributed by atoms with Crippen molar-refractivity contribution in [2.24, 2.45) is 0 Å². The quantitative estimate of drug-likeness (QED) is 0.923. The van der Waals surface area contributed by atoms with Gasteiger partial charge in [0.1, 0.15) is 5.76 Å². The van der Waals surface area contributed by atoms with E-state index in [1.54, 1.807) is 12.1 Å². The van der Waals surface area contributed by atoms with E-state index in [0.29, 0.717) is 16.5 Å². The van der Waals surface area contributed by atoms with Crippen molar-refractivity contribution in [3.05, 3.63) is 52.4 Å². The first-order chi connectivity index (χ1) is 10.6. The number of hydrogen-bond donors (Lipinski definition) is 1. The molecular weight excluding hydrogens is 300 g/mol. The summed E-state index contributed by atoms with van der Waals surface area (Å²) in [6.45, 7) is 4.84. The summed E-state index contributed by atoms with van der Waals surface area (Å²) in [5, 5.41) is 3.48. The fourth-order valence-electron chi connectivity index (χ4n) is 2.67. The molecule has 1 amide bonds. The number of likely N-dealkylation sites (tertiary alicyclic amines) is 1. The molecule has 0 atom stereocenters. The van der Waals surface area contributed by atoms with Gasteiger partial charge >= 0.3 is 0 Å². The zero-order chi connectivity index (χ0) is 15.5. The smallest absolute Gasteiger partial charge is 0.291 e. The Morgan fingerprint density at radius 2 is 2.05 bits per heavy atom. The van der Waals surface area contributed by atoms with Crippen molar-refractivity contribution in [3.63, 3.8) is 0 Å². The number of benzene rings is 1. The van der Waals surface area contributed by atoms with Crippen LogP contribution in [0.15, 0.2) is 34.7 Å². The van der Waals surface area contributed by atoms with E-state index >= 15 is 0 Å². The molecule has 1 aromatic heterocycles. The Balaban J connectivity index is 1.67. The number of amides is 1. The highest BCUT2D eigenvalue weighted by atomic mass is 35.5. The molecule has 1 aliphatic heterocycles. The predicted octanol–water partition coefficient (Wildman–Crippen LogP) is 4.09. The monoisotopic (exact) mass is 318 g/mol. The minimum absolute atomic E-state index is 0.252. The average molecular weight is 319 g/mol. The number of halogens is 1. The third-order valence-electron chi connectivity index (χ3n) is 3.98. The summed E-state index contributed by atoms with van der Waals surface area (Å²) in [4.78, 5) is 14.6. The Kier molecular flexibility index (Phi) is 4.50. The van der Waals surface area contributed by atoms with Gasteiger partial charge < -0.3 is 9.73 Å². The maximum Gasteiger partial charge on any atom is 0.291 e. The van der Waals surface area contributed by atoms with Crippen LogP contribution in [0.1, 0.15) is 34.7 Å². The Labute approximate surface area is 135 Å². The van der Waals surface area contributed by atoms with Crippen molar-refractivity contribution in [2.45, 2.75) is 26.3 Å². The van der Waals surface area contributed by atoms with Gasteiger partial charge in [0.05, 0.1) is 6.54 Å². The first-order valence-electron chi connectivity index (χ1n) is 7.51. The Morgan fingerprint density at radius 3 is 2.82 bits per heavy atom. The molecule has 22 heavy (non-hydrogen) atoms. The lowest BCUT2D eigenvalue weighted by Gasteiger charge is -2.11. The lowest BCUT2D eigenvalue weighted by molar-refractivity contribution is 0.0993. The SMILES string of the molecule is Cc1c(Cl)cccc1NC(=O)c1ccc(CN2CCCC2)o1. The first kappa shape index (κ1) is 15.1. The molecular formula is C17H19ClN2O2. The molecule has 0 saturated carbocycles. The molecule has 1 N–H and O–H groups in total. The molecule has 1 aromatic carbocycles. The molecule has 0 unspecified atom stereocenters. The summed E-state index contributed by atoms with van der Waals surface area (Å²) in [6, 6.07) is 9.03. The molecule has 5 heteroatoms. The zero-order valence-electron chi connectivity index (χ0n) is 12.6. The van der Waals surface area contributed by atoms with Gasteiger partial charge in [0.2, 0.25) is 0 Å². The molecule has 0 spiro atoms. The van der Waals surface area contributed by atoms with Crippen molar-refractivity contribution in [3.8, 4) is 0 Å². The first-order valence-corrected chi connectivity index (χ1v) is 7.89. The normalized spacial score (nSPS) is 15.2. The van der Waals surface area contributed by atoms with E-state index in [4.69, 9.17) is 16.0 Å². The number of rotatable bonds is 4. The Bertz CT molecular complexity index is 675. The standard InChI is InChI=1S/C17H19ClN2O2/c1-12-14(18)5-4-6-15(12)19-17(21)16-8-7-13(22-16)11-20-9-2-3-10-20/h4-8H,2-3,9-11H2,1H3,(H,19,21). The van der Waals surface area contributed by atoms with Crippen LogP contribution in [-0.2, 0) is 6.54 Å². The number of furan rings is 1. The van der Waals surface area contributed by atoms with E-state index in [9.17, 15) is 4.79 Å². The second-order valence-electron chi connectivity index (χ2n) is 5.62. The van der Waals surface area contributed by atoms with Crippen LogP contribution in [0.25, 0.3) is 0 Å². The summed E-state index contributed by atoms with van der Waals surface area (Å²) in [5.74, 6) is 0.904. The van der Waals surface area contributed by atoms with Crippen LogP contribution < -0.4 is 5.32 Å². The zero-order valence-corrected chi connectivity index (χ0v) is 13.3. The van der Waals surface area contributed by atoms with E-state index < -0.39 is 0 Å². The second kappa shape index (κ2) is 6.55. The topological polar surface area (TPSA) is 45.5 Å². The van der Waals surface area contributed by atoms with Crippen LogP contribution in [-0.4, -0.2) is 23.9 Å². The van der Waals surface area contributed by atoms with Crippen LogP contribution in [0.4, 0.5) is 5.69 Å². The molecule has 2 heterocycles. The minimum Gasteiger partial charge on any atom is -0.455 e. The van der Waals surface area contributed by atoms with Gasteiger partial charge in [0.25, 0.3) is 5.91 Å². The molecule has 4 nitrogen and oxygen atoms in total. The van der Waals surface area contributed by atoms with Crippen molar-refractivity contribution in [1.29, 1.82) is 0 Å². The van der Waals surface area contributed by atoms with Crippen molar-refractivity contribution in [1.82, 2.24) is 4.90 Å². The second-order valence-corrected chi connectivity index (χ2v) is 6.02. The molecule has 0 radical (unpaired) electrons. The van der Waals surface area contributed by atoms with E-state index in [1.807, 2.05) is 25.1 Å². The largest absolute Gasteiger partial charge is 0.455 e. The molecule has 1 saturated heterocycles. The highest BCUT2D eigenvalue weighted by Gasteiger charge is 2.16. The van der Waals surface area contributed by atoms with E-state index in [-0.39, 0.29) is 5.91 Å². The van der Waals surface area contributed by atoms with E-state index in [0.717, 1.165) is 31.0 Å². The van der Waals surface area contributed by atoms with Gasteiger partial charge in [-0.3, -0.25) is 9.69 Å². The van der Waals surface area contributed by atoms with Gasteiger partial charge in [-0.05, 0) is 62.7 Å². The molecule has 0 aliphatic carbocycles. The van der Waals surface area contributed by atoms with Crippen molar-refractivity contribution in [2.75, 3.05) is 18.4 Å². The van der Waals surface area contributed by atoms with Crippen LogP contribution in [0.2, 0.25) is 5.02 Å². The van der Waals surface area contributed by atoms with E-state index in [2.05, 4.69) is 10.2 Å². The molecule has 1 fully saturated rings. The fraction of sp³-hybridized carbons (Fsp3) is 0.353. The van der Waals surface area contributed by atoms with Gasteiger partial charge in [0.15, 0.2) is 5.76 Å². The summed E-state index contributed by atoms with van der Waals surface area (Å²) in [6.07, 6.45) is 2.48. The van der Waals surface area contributed by atoms with Gasteiger partial charge in [0, 0.05) is 10.7 Å². The van der Waals surface area contributed by atoms with E-state index in [1.165, 1.54) is 12.8 Å². The van der Waals surface area contributed by atoms with Gasteiger partial charge in [-0.15, -0.1) is 0 Å². The predicted molar refractivity (Wildman–Crippen MR) is 87.4 cm³/mol. The lowest BCUT2D eigenvalue weighted by atomic mass is 10.2. The number of nitrogens with one attached hydrogen (secondary N) is 1. The van der Waals surface area contributed by atoms with Gasteiger partial charge in [-0.25, -0.2) is 0 Å². The number of carbonyl (C=O) groups is 1. The molecule has 2 aromatic rings. The van der Waals surface area contributed by atoms with Crippen LogP contribution in [0.5, 0.6) is 0 Å². The highest BCUT2D eigenvalue weighted by Crippen LogP contribution is 2.24. The summed E-state index contributed by atoms with van der Waals surface area (Å²) >= 11 is 6.06. The molecule has 0 bridgehead atoms. The van der Waals surface area contributed by atoms with Crippen LogP contribution >= 0.6 is 11.6 Å². The third kappa shape index (κ3) is 3.34. The lowest BCUT2D eigenvalue weighted by Crippen LogP contribution is -2.18. The van der Waals surface area contributed by atoms with Crippen LogP contribution in [0.3, 0.4) is 0 Å². The number of hydrogen-bond acceptors (Lipinski definition) is 3. The molecule has 3 rings (SSSR count). The van der Waals surface area contributed by atoms with Crippen molar-refractivity contribution < 1.29 is 9.21 Å². The van der Waals surface area contributed by atoms with Gasteiger partial charge in [-0.1, -0.05) is 17.7 Å². The van der Waals surface area contributed by atoms with Gasteiger partial charge in [-0.2, -0.15) is 0 Å². The summed E-state index contributed by atoms with van der Waals surface area (Å²) < 4.78 is 5.66. The maximum atomic E-state index is 12.3. The van der Waals surface area contributed by atoms with Crippen LogP contribution in [0, 0.1) is 6.92 Å².